The highest BCUT2D eigenvalue weighted by molar-refractivity contribution is 7.96. The fraction of sp³-hybridized carbons (Fsp3) is 0.579. The summed E-state index contributed by atoms with van der Waals surface area (Å²) in [6.07, 6.45) is 3.95. The van der Waals surface area contributed by atoms with Crippen LogP contribution in [0.4, 0.5) is 0 Å². The molecule has 1 unspecified atom stereocenters. The topological polar surface area (TPSA) is 61.9 Å². The van der Waals surface area contributed by atoms with Crippen molar-refractivity contribution >= 4 is 35.4 Å². The van der Waals surface area contributed by atoms with E-state index in [1.54, 1.807) is 11.9 Å². The molecule has 0 aromatic heterocycles. The Morgan fingerprint density at radius 3 is 2.63 bits per heavy atom. The molecular formula is C19H28ClN3O3S. The summed E-state index contributed by atoms with van der Waals surface area (Å²) in [6.45, 7) is 4.28. The number of hydrogen-bond donors (Lipinski definition) is 1. The number of amides is 1. The molecule has 1 atom stereocenters. The minimum atomic E-state index is -0.444. The predicted molar refractivity (Wildman–Crippen MR) is 110 cm³/mol. The first kappa shape index (κ1) is 22.0. The molecule has 6 nitrogen and oxygen atoms in total. The third-order valence-electron chi connectivity index (χ3n) is 5.00. The Labute approximate surface area is 170 Å². The molecule has 0 radical (unpaired) electrons. The Kier molecular flexibility index (Phi) is 8.89. The predicted octanol–water partition coefficient (Wildman–Crippen LogP) is 2.73. The van der Waals surface area contributed by atoms with E-state index in [2.05, 4.69) is 32.2 Å². The van der Waals surface area contributed by atoms with Crippen molar-refractivity contribution in [1.82, 2.24) is 14.5 Å². The summed E-state index contributed by atoms with van der Waals surface area (Å²) in [4.78, 5) is 25.7. The summed E-state index contributed by atoms with van der Waals surface area (Å²) >= 11 is 7.91. The molecule has 0 saturated carbocycles. The number of nitrogens with zero attached hydrogens (tertiary/aromatic N) is 2. The maximum Gasteiger partial charge on any atom is 0.325 e. The van der Waals surface area contributed by atoms with Crippen LogP contribution in [0.1, 0.15) is 31.4 Å². The second kappa shape index (κ2) is 10.9. The van der Waals surface area contributed by atoms with Gasteiger partial charge in [-0.05, 0) is 37.7 Å². The van der Waals surface area contributed by atoms with E-state index in [0.29, 0.717) is 6.04 Å². The fourth-order valence-electron chi connectivity index (χ4n) is 3.35. The van der Waals surface area contributed by atoms with Crippen LogP contribution in [0.15, 0.2) is 24.3 Å². The van der Waals surface area contributed by atoms with Crippen molar-refractivity contribution in [2.75, 3.05) is 39.5 Å². The van der Waals surface area contributed by atoms with E-state index in [1.165, 1.54) is 7.11 Å². The number of carbonyl (C=O) groups is 2. The van der Waals surface area contributed by atoms with Crippen LogP contribution in [0, 0.1) is 0 Å². The quantitative estimate of drug-likeness (QED) is 0.522. The number of ether oxygens (including phenoxy) is 1. The minimum Gasteiger partial charge on any atom is -0.468 e. The van der Waals surface area contributed by atoms with E-state index in [4.69, 9.17) is 11.6 Å². The van der Waals surface area contributed by atoms with Crippen molar-refractivity contribution in [3.8, 4) is 0 Å². The lowest BCUT2D eigenvalue weighted by Gasteiger charge is -2.39. The third kappa shape index (κ3) is 6.38. The third-order valence-corrected chi connectivity index (χ3v) is 6.24. The number of methoxy groups -OCH3 is 1. The second-order valence-corrected chi connectivity index (χ2v) is 7.82. The van der Waals surface area contributed by atoms with E-state index >= 15 is 0 Å². The number of halogens is 1. The first-order valence-electron chi connectivity index (χ1n) is 9.09. The first-order valence-corrected chi connectivity index (χ1v) is 10.6. The van der Waals surface area contributed by atoms with Crippen LogP contribution in [-0.4, -0.2) is 66.7 Å². The zero-order valence-corrected chi connectivity index (χ0v) is 17.7. The zero-order valence-electron chi connectivity index (χ0n) is 16.1. The van der Waals surface area contributed by atoms with Gasteiger partial charge >= 0.3 is 5.97 Å². The molecule has 0 bridgehead atoms. The van der Waals surface area contributed by atoms with Crippen molar-refractivity contribution in [3.63, 3.8) is 0 Å². The van der Waals surface area contributed by atoms with Crippen molar-refractivity contribution in [2.24, 2.45) is 0 Å². The number of benzene rings is 1. The zero-order chi connectivity index (χ0) is 19.8. The molecule has 1 aliphatic rings. The Bertz CT molecular complexity index is 638. The minimum absolute atomic E-state index is 0.0919. The van der Waals surface area contributed by atoms with Gasteiger partial charge in [-0.25, -0.2) is 4.31 Å². The molecule has 1 aromatic rings. The van der Waals surface area contributed by atoms with Gasteiger partial charge in [0.2, 0.25) is 5.91 Å². The number of hydrogen-bond acceptors (Lipinski definition) is 6. The SMILES string of the molecule is COC(=O)CNC(=O)CN(SC)C1CCN(C(C)c2ccccc2Cl)CC1. The summed E-state index contributed by atoms with van der Waals surface area (Å²) in [5, 5.41) is 3.40. The smallest absolute Gasteiger partial charge is 0.325 e. The molecule has 0 spiro atoms. The molecule has 8 heteroatoms. The molecule has 2 rings (SSSR count). The molecule has 1 fully saturated rings. The van der Waals surface area contributed by atoms with E-state index in [1.807, 2.05) is 24.5 Å². The van der Waals surface area contributed by atoms with Crippen LogP contribution in [0.2, 0.25) is 5.02 Å². The largest absolute Gasteiger partial charge is 0.468 e. The number of carbonyl (C=O) groups excluding carboxylic acids is 2. The molecule has 27 heavy (non-hydrogen) atoms. The van der Waals surface area contributed by atoms with Gasteiger partial charge in [0.25, 0.3) is 0 Å². The Morgan fingerprint density at radius 1 is 1.37 bits per heavy atom. The van der Waals surface area contributed by atoms with Gasteiger partial charge in [-0.2, -0.15) is 0 Å². The Morgan fingerprint density at radius 2 is 2.04 bits per heavy atom. The lowest BCUT2D eigenvalue weighted by Crippen LogP contribution is -2.46. The summed E-state index contributed by atoms with van der Waals surface area (Å²) in [5.74, 6) is -0.609. The highest BCUT2D eigenvalue weighted by atomic mass is 35.5. The van der Waals surface area contributed by atoms with Crippen LogP contribution in [0.25, 0.3) is 0 Å². The monoisotopic (exact) mass is 413 g/mol. The van der Waals surface area contributed by atoms with Crippen LogP contribution < -0.4 is 5.32 Å². The second-order valence-electron chi connectivity index (χ2n) is 6.58. The maximum atomic E-state index is 12.1. The summed E-state index contributed by atoms with van der Waals surface area (Å²) in [6, 6.07) is 8.59. The molecule has 0 aliphatic carbocycles. The van der Waals surface area contributed by atoms with Crippen LogP contribution in [0.5, 0.6) is 0 Å². The number of piperidine rings is 1. The van der Waals surface area contributed by atoms with Crippen LogP contribution in [0.3, 0.4) is 0 Å². The Balaban J connectivity index is 1.85. The lowest BCUT2D eigenvalue weighted by molar-refractivity contribution is -0.141. The summed E-state index contributed by atoms with van der Waals surface area (Å²) in [7, 11) is 1.31. The first-order chi connectivity index (χ1) is 13.0. The van der Waals surface area contributed by atoms with Crippen molar-refractivity contribution < 1.29 is 14.3 Å². The number of likely N-dealkylation sites (tertiary alicyclic amines) is 1. The van der Waals surface area contributed by atoms with Crippen molar-refractivity contribution in [1.29, 1.82) is 0 Å². The molecule has 1 aliphatic heterocycles. The van der Waals surface area contributed by atoms with Crippen LogP contribution >= 0.6 is 23.5 Å². The van der Waals surface area contributed by atoms with E-state index in [9.17, 15) is 9.59 Å². The average Bonchev–Trinajstić information content (AvgIpc) is 2.70. The lowest BCUT2D eigenvalue weighted by atomic mass is 10.00. The van der Waals surface area contributed by atoms with Crippen molar-refractivity contribution in [2.45, 2.75) is 31.8 Å². The van der Waals surface area contributed by atoms with Crippen LogP contribution in [-0.2, 0) is 14.3 Å². The number of nitrogens with one attached hydrogen (secondary N) is 1. The van der Waals surface area contributed by atoms with Gasteiger partial charge in [0.1, 0.15) is 6.54 Å². The molecule has 1 saturated heterocycles. The summed E-state index contributed by atoms with van der Waals surface area (Å²) < 4.78 is 6.64. The standard InChI is InChI=1S/C19H28ClN3O3S/c1-14(16-6-4-5-7-17(16)20)22-10-8-15(9-11-22)23(27-3)13-18(24)21-12-19(25)26-2/h4-7,14-15H,8-13H2,1-3H3,(H,21,24). The van der Waals surface area contributed by atoms with Gasteiger partial charge in [-0.3, -0.25) is 14.5 Å². The Hall–Kier alpha value is -1.28. The highest BCUT2D eigenvalue weighted by Crippen LogP contribution is 2.31. The average molecular weight is 414 g/mol. The maximum absolute atomic E-state index is 12.1. The van der Waals surface area contributed by atoms with Crippen molar-refractivity contribution in [3.05, 3.63) is 34.9 Å². The van der Waals surface area contributed by atoms with Gasteiger partial charge in [0, 0.05) is 30.2 Å². The molecular weight excluding hydrogens is 386 g/mol. The number of esters is 1. The molecule has 1 heterocycles. The van der Waals surface area contributed by atoms with E-state index in [-0.39, 0.29) is 25.0 Å². The fourth-order valence-corrected chi connectivity index (χ4v) is 4.40. The molecule has 1 aromatic carbocycles. The van der Waals surface area contributed by atoms with Gasteiger partial charge in [0.15, 0.2) is 0 Å². The normalized spacial score (nSPS) is 16.9. The highest BCUT2D eigenvalue weighted by Gasteiger charge is 2.28. The van der Waals surface area contributed by atoms with Gasteiger partial charge in [-0.1, -0.05) is 41.7 Å². The van der Waals surface area contributed by atoms with Gasteiger partial charge in [-0.15, -0.1) is 0 Å². The van der Waals surface area contributed by atoms with Gasteiger partial charge in [0.05, 0.1) is 13.7 Å². The van der Waals surface area contributed by atoms with Gasteiger partial charge < -0.3 is 10.1 Å². The molecule has 1 N–H and O–H groups in total. The van der Waals surface area contributed by atoms with E-state index < -0.39 is 5.97 Å². The molecule has 150 valence electrons. The molecule has 1 amide bonds. The summed E-state index contributed by atoms with van der Waals surface area (Å²) in [5.41, 5.74) is 1.15. The van der Waals surface area contributed by atoms with E-state index in [0.717, 1.165) is 36.5 Å². The number of rotatable bonds is 8.